The van der Waals surface area contributed by atoms with Crippen molar-refractivity contribution in [3.8, 4) is 0 Å². The van der Waals surface area contributed by atoms with E-state index >= 15 is 0 Å². The summed E-state index contributed by atoms with van der Waals surface area (Å²) in [4.78, 5) is 4.35. The maximum Gasteiger partial charge on any atom is 0.157 e. The fraction of sp³-hybridized carbons (Fsp3) is 0.0556. The van der Waals surface area contributed by atoms with Crippen molar-refractivity contribution in [2.24, 2.45) is 4.99 Å². The Balaban J connectivity index is 1.71. The van der Waals surface area contributed by atoms with Crippen molar-refractivity contribution in [1.29, 1.82) is 0 Å². The van der Waals surface area contributed by atoms with Crippen LogP contribution in [0.15, 0.2) is 88.2 Å². The molecule has 0 unspecified atom stereocenters. The van der Waals surface area contributed by atoms with Gasteiger partial charge in [0.1, 0.15) is 6.61 Å². The summed E-state index contributed by atoms with van der Waals surface area (Å²) in [5, 5.41) is 3.79. The lowest BCUT2D eigenvalue weighted by Crippen LogP contribution is -1.92. The van der Waals surface area contributed by atoms with Gasteiger partial charge in [-0.15, -0.1) is 0 Å². The van der Waals surface area contributed by atoms with Crippen molar-refractivity contribution in [3.63, 3.8) is 0 Å². The van der Waals surface area contributed by atoms with Gasteiger partial charge in [-0.05, 0) is 24.3 Å². The Morgan fingerprint density at radius 3 is 2.41 bits per heavy atom. The van der Waals surface area contributed by atoms with Gasteiger partial charge in [0.15, 0.2) is 5.76 Å². The first-order valence-corrected chi connectivity index (χ1v) is 7.33. The summed E-state index contributed by atoms with van der Waals surface area (Å²) >= 11 is 6.33. The second kappa shape index (κ2) is 6.96. The third-order valence-electron chi connectivity index (χ3n) is 3.16. The van der Waals surface area contributed by atoms with Crippen LogP contribution < -0.4 is 5.32 Å². The smallest absolute Gasteiger partial charge is 0.157 e. The lowest BCUT2D eigenvalue weighted by atomic mass is 10.3. The van der Waals surface area contributed by atoms with E-state index in [0.29, 0.717) is 17.4 Å². The molecule has 0 spiro atoms. The largest absolute Gasteiger partial charge is 0.486 e. The Labute approximate surface area is 134 Å². The maximum atomic E-state index is 6.33. The maximum absolute atomic E-state index is 6.33. The average molecular weight is 311 g/mol. The quantitative estimate of drug-likeness (QED) is 0.818. The predicted octanol–water partition coefficient (Wildman–Crippen LogP) is 4.87. The molecule has 0 bridgehead atoms. The van der Waals surface area contributed by atoms with E-state index in [1.165, 1.54) is 0 Å². The minimum atomic E-state index is 0.439. The number of nitrogens with zero attached hydrogens (tertiary/aromatic N) is 1. The van der Waals surface area contributed by atoms with Crippen molar-refractivity contribution < 1.29 is 4.74 Å². The van der Waals surface area contributed by atoms with Gasteiger partial charge in [0, 0.05) is 17.5 Å². The van der Waals surface area contributed by atoms with Crippen LogP contribution in [0.1, 0.15) is 0 Å². The zero-order chi connectivity index (χ0) is 15.2. The first-order chi connectivity index (χ1) is 10.8. The number of nitrogens with one attached hydrogen (secondary N) is 1. The van der Waals surface area contributed by atoms with E-state index in [1.807, 2.05) is 66.9 Å². The van der Waals surface area contributed by atoms with Crippen molar-refractivity contribution in [1.82, 2.24) is 0 Å². The zero-order valence-electron chi connectivity index (χ0n) is 11.9. The Kier molecular flexibility index (Phi) is 4.56. The summed E-state index contributed by atoms with van der Waals surface area (Å²) < 4.78 is 5.58. The number of halogens is 1. The number of anilines is 1. The van der Waals surface area contributed by atoms with E-state index in [4.69, 9.17) is 16.3 Å². The molecule has 1 heterocycles. The number of ether oxygens (including phenoxy) is 1. The highest BCUT2D eigenvalue weighted by Gasteiger charge is 2.18. The molecule has 4 heteroatoms. The number of rotatable bonds is 4. The molecule has 3 rings (SSSR count). The molecule has 1 aliphatic rings. The molecule has 3 nitrogen and oxygen atoms in total. The van der Waals surface area contributed by atoms with E-state index in [1.54, 1.807) is 6.21 Å². The molecule has 1 aliphatic heterocycles. The van der Waals surface area contributed by atoms with E-state index in [9.17, 15) is 0 Å². The predicted molar refractivity (Wildman–Crippen MR) is 91.6 cm³/mol. The number of allylic oxidation sites excluding steroid dienone is 1. The highest BCUT2D eigenvalue weighted by Crippen LogP contribution is 2.27. The van der Waals surface area contributed by atoms with Crippen molar-refractivity contribution >= 4 is 29.2 Å². The number of benzene rings is 2. The number of aliphatic imine (C=N–C) groups is 1. The molecule has 0 radical (unpaired) electrons. The third kappa shape index (κ3) is 3.57. The summed E-state index contributed by atoms with van der Waals surface area (Å²) in [6.45, 7) is 0.439. The molecule has 0 saturated heterocycles. The van der Waals surface area contributed by atoms with E-state index in [-0.39, 0.29) is 0 Å². The molecule has 2 aromatic carbocycles. The average Bonchev–Trinajstić information content (AvgIpc) is 2.93. The number of para-hydroxylation sites is 2. The van der Waals surface area contributed by atoms with Gasteiger partial charge in [0.05, 0.1) is 16.9 Å². The standard InChI is InChI=1S/C18H15ClN2O/c19-18-14(11-20-15-7-3-1-4-8-15)13-22-17(18)12-21-16-9-5-2-6-10-16/h1-12,20H,13H2/b14-11+,21-12+. The van der Waals surface area contributed by atoms with Crippen LogP contribution >= 0.6 is 11.6 Å². The minimum absolute atomic E-state index is 0.439. The fourth-order valence-electron chi connectivity index (χ4n) is 1.99. The molecule has 22 heavy (non-hydrogen) atoms. The molecular weight excluding hydrogens is 296 g/mol. The highest BCUT2D eigenvalue weighted by molar-refractivity contribution is 6.33. The molecule has 0 fully saturated rings. The molecule has 0 aliphatic carbocycles. The Hall–Kier alpha value is -2.52. The summed E-state index contributed by atoms with van der Waals surface area (Å²) in [6, 6.07) is 19.6. The molecule has 110 valence electrons. The van der Waals surface area contributed by atoms with Gasteiger partial charge in [-0.3, -0.25) is 4.99 Å². The number of hydrogen-bond acceptors (Lipinski definition) is 3. The summed E-state index contributed by atoms with van der Waals surface area (Å²) in [5.41, 5.74) is 2.77. The molecule has 0 atom stereocenters. The highest BCUT2D eigenvalue weighted by atomic mass is 35.5. The van der Waals surface area contributed by atoms with Crippen LogP contribution in [-0.4, -0.2) is 12.8 Å². The Morgan fingerprint density at radius 1 is 1.00 bits per heavy atom. The van der Waals surface area contributed by atoms with Gasteiger partial charge >= 0.3 is 0 Å². The SMILES string of the molecule is ClC1=C(/C=N/c2ccccc2)OC/C1=C\Nc1ccccc1. The van der Waals surface area contributed by atoms with Crippen LogP contribution in [0.5, 0.6) is 0 Å². The molecular formula is C18H15ClN2O. The topological polar surface area (TPSA) is 33.6 Å². The third-order valence-corrected chi connectivity index (χ3v) is 3.58. The molecule has 0 amide bonds. The van der Waals surface area contributed by atoms with Gasteiger partial charge in [-0.25, -0.2) is 0 Å². The van der Waals surface area contributed by atoms with Crippen LogP contribution in [0.2, 0.25) is 0 Å². The summed E-state index contributed by atoms with van der Waals surface area (Å²) in [6.07, 6.45) is 3.52. The van der Waals surface area contributed by atoms with E-state index < -0.39 is 0 Å². The van der Waals surface area contributed by atoms with Gasteiger partial charge in [-0.2, -0.15) is 0 Å². The molecule has 1 N–H and O–H groups in total. The Bertz CT molecular complexity index is 721. The van der Waals surface area contributed by atoms with Gasteiger partial charge < -0.3 is 10.1 Å². The first-order valence-electron chi connectivity index (χ1n) is 6.95. The summed E-state index contributed by atoms with van der Waals surface area (Å²) in [7, 11) is 0. The molecule has 0 saturated carbocycles. The molecule has 2 aromatic rings. The summed E-state index contributed by atoms with van der Waals surface area (Å²) in [5.74, 6) is 0.589. The van der Waals surface area contributed by atoms with Crippen LogP contribution in [0.3, 0.4) is 0 Å². The first kappa shape index (κ1) is 14.4. The number of hydrogen-bond donors (Lipinski definition) is 1. The fourth-order valence-corrected chi connectivity index (χ4v) is 2.20. The van der Waals surface area contributed by atoms with Gasteiger partial charge in [0.2, 0.25) is 0 Å². The van der Waals surface area contributed by atoms with Gasteiger partial charge in [0.25, 0.3) is 0 Å². The lowest BCUT2D eigenvalue weighted by molar-refractivity contribution is 0.283. The molecule has 0 aromatic heterocycles. The van der Waals surface area contributed by atoms with Crippen molar-refractivity contribution in [2.45, 2.75) is 0 Å². The van der Waals surface area contributed by atoms with Gasteiger partial charge in [-0.1, -0.05) is 48.0 Å². The minimum Gasteiger partial charge on any atom is -0.486 e. The van der Waals surface area contributed by atoms with Crippen molar-refractivity contribution in [2.75, 3.05) is 11.9 Å². The van der Waals surface area contributed by atoms with Crippen LogP contribution in [0, 0.1) is 0 Å². The normalized spacial score (nSPS) is 16.3. The zero-order valence-corrected chi connectivity index (χ0v) is 12.6. The second-order valence-electron chi connectivity index (χ2n) is 4.74. The van der Waals surface area contributed by atoms with E-state index in [2.05, 4.69) is 10.3 Å². The van der Waals surface area contributed by atoms with Crippen LogP contribution in [-0.2, 0) is 4.74 Å². The van der Waals surface area contributed by atoms with Crippen molar-refractivity contribution in [3.05, 3.63) is 83.2 Å². The second-order valence-corrected chi connectivity index (χ2v) is 5.12. The lowest BCUT2D eigenvalue weighted by Gasteiger charge is -2.01. The van der Waals surface area contributed by atoms with Crippen LogP contribution in [0.25, 0.3) is 0 Å². The van der Waals surface area contributed by atoms with E-state index in [0.717, 1.165) is 16.9 Å². The van der Waals surface area contributed by atoms with Crippen LogP contribution in [0.4, 0.5) is 11.4 Å². The Morgan fingerprint density at radius 2 is 1.68 bits per heavy atom. The monoisotopic (exact) mass is 310 g/mol.